The molecule has 2 N–H and O–H groups in total. The molecule has 0 fully saturated rings. The highest BCUT2D eigenvalue weighted by Crippen LogP contribution is 2.44. The van der Waals surface area contributed by atoms with Gasteiger partial charge in [0.15, 0.2) is 11.5 Å². The Labute approximate surface area is 172 Å². The maximum atomic E-state index is 12.9. The molecular weight excluding hydrogens is 392 g/mol. The van der Waals surface area contributed by atoms with E-state index in [-0.39, 0.29) is 23.3 Å². The Morgan fingerprint density at radius 3 is 2.86 bits per heavy atom. The van der Waals surface area contributed by atoms with Crippen LogP contribution in [0.3, 0.4) is 0 Å². The highest BCUT2D eigenvalue weighted by molar-refractivity contribution is 6.19. The highest BCUT2D eigenvalue weighted by Gasteiger charge is 2.33. The number of carbonyl (C=O) groups excluding carboxylic acids is 1. The summed E-state index contributed by atoms with van der Waals surface area (Å²) in [7, 11) is 1.47. The maximum Gasteiger partial charge on any atom is 0.251 e. The van der Waals surface area contributed by atoms with E-state index in [1.165, 1.54) is 19.3 Å². The van der Waals surface area contributed by atoms with E-state index in [0.29, 0.717) is 34.9 Å². The van der Waals surface area contributed by atoms with Crippen molar-refractivity contribution in [2.24, 2.45) is 0 Å². The van der Waals surface area contributed by atoms with E-state index in [1.54, 1.807) is 41.4 Å². The third-order valence-electron chi connectivity index (χ3n) is 5.07. The van der Waals surface area contributed by atoms with Crippen molar-refractivity contribution in [2.45, 2.75) is 5.92 Å². The molecule has 4 rings (SSSR count). The van der Waals surface area contributed by atoms with Crippen LogP contribution in [-0.4, -0.2) is 40.6 Å². The quantitative estimate of drug-likeness (QED) is 0.501. The van der Waals surface area contributed by atoms with Gasteiger partial charge in [0, 0.05) is 42.1 Å². The number of nitrogens with zero attached hydrogens (tertiary/aromatic N) is 2. The van der Waals surface area contributed by atoms with Crippen molar-refractivity contribution >= 4 is 40.2 Å². The second kappa shape index (κ2) is 7.64. The Balaban J connectivity index is 1.69. The van der Waals surface area contributed by atoms with Gasteiger partial charge in [-0.25, -0.2) is 0 Å². The lowest BCUT2D eigenvalue weighted by molar-refractivity contribution is -0.114. The van der Waals surface area contributed by atoms with E-state index in [1.807, 2.05) is 6.07 Å². The van der Waals surface area contributed by atoms with Crippen molar-refractivity contribution in [3.05, 3.63) is 59.8 Å². The molecule has 0 aliphatic carbocycles. The summed E-state index contributed by atoms with van der Waals surface area (Å²) >= 11 is 6.19. The number of hydrogen-bond donors (Lipinski definition) is 2. The van der Waals surface area contributed by atoms with Gasteiger partial charge in [0.1, 0.15) is 11.3 Å². The fraction of sp³-hybridized carbons (Fsp3) is 0.182. The third kappa shape index (κ3) is 3.36. The second-order valence-electron chi connectivity index (χ2n) is 6.79. The number of phenols is 2. The first-order valence-electron chi connectivity index (χ1n) is 9.06. The molecule has 1 aliphatic heterocycles. The summed E-state index contributed by atoms with van der Waals surface area (Å²) in [5, 5.41) is 21.1. The van der Waals surface area contributed by atoms with Crippen molar-refractivity contribution in [1.82, 2.24) is 4.98 Å². The third-order valence-corrected chi connectivity index (χ3v) is 5.44. The van der Waals surface area contributed by atoms with Crippen LogP contribution in [0.15, 0.2) is 48.7 Å². The summed E-state index contributed by atoms with van der Waals surface area (Å²) < 4.78 is 5.03. The number of fused-ring (bicyclic) bond motifs is 3. The molecular formula is C22H19ClN2O4. The molecule has 2 aromatic carbocycles. The minimum absolute atomic E-state index is 0.000265. The van der Waals surface area contributed by atoms with Gasteiger partial charge in [0.2, 0.25) is 0 Å². The molecule has 0 spiro atoms. The molecule has 29 heavy (non-hydrogen) atoms. The van der Waals surface area contributed by atoms with Crippen LogP contribution in [0.5, 0.6) is 17.2 Å². The van der Waals surface area contributed by atoms with Crippen LogP contribution in [0.25, 0.3) is 17.0 Å². The zero-order chi connectivity index (χ0) is 20.5. The van der Waals surface area contributed by atoms with E-state index in [2.05, 4.69) is 4.98 Å². The van der Waals surface area contributed by atoms with Crippen molar-refractivity contribution in [2.75, 3.05) is 24.4 Å². The Kier molecular flexibility index (Phi) is 5.03. The van der Waals surface area contributed by atoms with Crippen LogP contribution in [0.4, 0.5) is 5.69 Å². The summed E-state index contributed by atoms with van der Waals surface area (Å²) in [5.41, 5.74) is 2.72. The van der Waals surface area contributed by atoms with E-state index in [4.69, 9.17) is 16.3 Å². The van der Waals surface area contributed by atoms with Crippen LogP contribution < -0.4 is 9.64 Å². The Morgan fingerprint density at radius 1 is 1.31 bits per heavy atom. The number of benzene rings is 2. The molecule has 1 aromatic heterocycles. The molecule has 148 valence electrons. The number of phenolic OH excluding ortho intramolecular Hbond substituents is 2. The number of halogens is 1. The van der Waals surface area contributed by atoms with Gasteiger partial charge in [-0.2, -0.15) is 0 Å². The number of anilines is 1. The van der Waals surface area contributed by atoms with E-state index >= 15 is 0 Å². The lowest BCUT2D eigenvalue weighted by Gasteiger charge is -2.16. The monoisotopic (exact) mass is 410 g/mol. The number of pyridine rings is 1. The van der Waals surface area contributed by atoms with Gasteiger partial charge < -0.3 is 19.8 Å². The first-order chi connectivity index (χ1) is 14.0. The van der Waals surface area contributed by atoms with Crippen molar-refractivity contribution < 1.29 is 19.7 Å². The predicted molar refractivity (Wildman–Crippen MR) is 113 cm³/mol. The summed E-state index contributed by atoms with van der Waals surface area (Å²) in [6.07, 6.45) is 4.68. The number of aromatic hydroxyl groups is 2. The molecule has 1 unspecified atom stereocenters. The Hall–Kier alpha value is -3.25. The highest BCUT2D eigenvalue weighted by atomic mass is 35.5. The zero-order valence-corrected chi connectivity index (χ0v) is 16.4. The predicted octanol–water partition coefficient (Wildman–Crippen LogP) is 4.04. The van der Waals surface area contributed by atoms with Crippen LogP contribution in [0.2, 0.25) is 0 Å². The molecule has 1 aliphatic rings. The lowest BCUT2D eigenvalue weighted by Crippen LogP contribution is -2.28. The minimum atomic E-state index is -0.239. The largest absolute Gasteiger partial charge is 0.506 e. The van der Waals surface area contributed by atoms with Gasteiger partial charge in [0.25, 0.3) is 5.91 Å². The molecule has 6 nitrogen and oxygen atoms in total. The summed E-state index contributed by atoms with van der Waals surface area (Å²) in [6.45, 7) is 0.420. The number of alkyl halides is 1. The van der Waals surface area contributed by atoms with Gasteiger partial charge in [-0.3, -0.25) is 9.78 Å². The van der Waals surface area contributed by atoms with Gasteiger partial charge in [-0.05, 0) is 35.4 Å². The average Bonchev–Trinajstić information content (AvgIpc) is 3.11. The molecule has 1 atom stereocenters. The number of methoxy groups -OCH3 is 1. The minimum Gasteiger partial charge on any atom is -0.506 e. The molecule has 1 amide bonds. The molecule has 2 heterocycles. The van der Waals surface area contributed by atoms with E-state index in [9.17, 15) is 15.0 Å². The van der Waals surface area contributed by atoms with E-state index < -0.39 is 0 Å². The number of amides is 1. The number of carbonyl (C=O) groups is 1. The molecule has 0 radical (unpaired) electrons. The fourth-order valence-corrected chi connectivity index (χ4v) is 3.96. The Morgan fingerprint density at radius 2 is 2.14 bits per heavy atom. The molecule has 3 aromatic rings. The second-order valence-corrected chi connectivity index (χ2v) is 7.10. The van der Waals surface area contributed by atoms with Gasteiger partial charge in [0.05, 0.1) is 12.8 Å². The first kappa shape index (κ1) is 19.1. The van der Waals surface area contributed by atoms with Crippen molar-refractivity contribution in [3.63, 3.8) is 0 Å². The maximum absolute atomic E-state index is 12.9. The number of aromatic nitrogens is 1. The summed E-state index contributed by atoms with van der Waals surface area (Å²) in [6, 6.07) is 10.1. The van der Waals surface area contributed by atoms with Gasteiger partial charge in [-0.1, -0.05) is 12.1 Å². The van der Waals surface area contributed by atoms with Gasteiger partial charge >= 0.3 is 0 Å². The number of hydrogen-bond acceptors (Lipinski definition) is 5. The number of ether oxygens (including phenoxy) is 1. The summed E-state index contributed by atoms with van der Waals surface area (Å²) in [4.78, 5) is 18.8. The van der Waals surface area contributed by atoms with E-state index in [0.717, 1.165) is 10.9 Å². The summed E-state index contributed by atoms with van der Waals surface area (Å²) in [5.74, 6) is 0.443. The normalized spacial score (nSPS) is 15.8. The SMILES string of the molecule is COc1ccc(/C=C/C(=O)N2CC(CCl)c3c2cc(O)c2ncccc32)cc1O. The lowest BCUT2D eigenvalue weighted by atomic mass is 9.98. The molecule has 0 saturated carbocycles. The van der Waals surface area contributed by atoms with Crippen LogP contribution in [0.1, 0.15) is 17.0 Å². The van der Waals surface area contributed by atoms with Crippen LogP contribution in [-0.2, 0) is 4.79 Å². The van der Waals surface area contributed by atoms with Crippen LogP contribution >= 0.6 is 11.6 Å². The molecule has 0 saturated heterocycles. The van der Waals surface area contributed by atoms with Gasteiger partial charge in [-0.15, -0.1) is 11.6 Å². The zero-order valence-electron chi connectivity index (χ0n) is 15.7. The Bertz CT molecular complexity index is 1130. The average molecular weight is 411 g/mol. The first-order valence-corrected chi connectivity index (χ1v) is 9.60. The smallest absolute Gasteiger partial charge is 0.251 e. The fourth-order valence-electron chi connectivity index (χ4n) is 3.71. The molecule has 0 bridgehead atoms. The van der Waals surface area contributed by atoms with Crippen molar-refractivity contribution in [3.8, 4) is 17.2 Å². The number of rotatable bonds is 4. The standard InChI is InChI=1S/C22H19ClN2O4/c1-29-19-6-4-13(9-17(19)26)5-7-20(28)25-12-14(11-23)21-15-3-2-8-24-22(15)18(27)10-16(21)25/h2-10,14,26-27H,11-12H2,1H3/b7-5+. The topological polar surface area (TPSA) is 82.9 Å². The van der Waals surface area contributed by atoms with Crippen molar-refractivity contribution in [1.29, 1.82) is 0 Å². The van der Waals surface area contributed by atoms with Crippen LogP contribution in [0, 0.1) is 0 Å². The molecule has 7 heteroatoms.